The topological polar surface area (TPSA) is 235 Å². The van der Waals surface area contributed by atoms with Crippen LogP contribution in [0.1, 0.15) is 38.7 Å². The number of carbonyl (C=O) groups is 4. The van der Waals surface area contributed by atoms with Crippen molar-refractivity contribution in [2.75, 3.05) is 12.3 Å². The van der Waals surface area contributed by atoms with E-state index in [0.717, 1.165) is 5.56 Å². The lowest BCUT2D eigenvalue weighted by atomic mass is 9.97. The maximum atomic E-state index is 13.0. The number of nitrogens with two attached hydrogens (primary N) is 3. The molecule has 38 heavy (non-hydrogen) atoms. The summed E-state index contributed by atoms with van der Waals surface area (Å²) in [5.41, 5.74) is 17.2. The summed E-state index contributed by atoms with van der Waals surface area (Å²) >= 11 is 4.15. The molecule has 5 unspecified atom stereocenters. The molecule has 0 fully saturated rings. The first-order chi connectivity index (χ1) is 17.9. The van der Waals surface area contributed by atoms with Crippen LogP contribution < -0.4 is 33.2 Å². The Kier molecular flexibility index (Phi) is 14.0. The molecule has 0 radical (unpaired) electrons. The minimum absolute atomic E-state index is 0.0686. The van der Waals surface area contributed by atoms with Gasteiger partial charge in [-0.15, -0.1) is 0 Å². The Balaban J connectivity index is 2.84. The summed E-state index contributed by atoms with van der Waals surface area (Å²) < 4.78 is 0. The van der Waals surface area contributed by atoms with Crippen LogP contribution in [0.3, 0.4) is 0 Å². The number of hydrogen-bond donors (Lipinski definition) is 9. The molecule has 0 heterocycles. The number of hydrogen-bond acceptors (Lipinski definition) is 8. The van der Waals surface area contributed by atoms with Gasteiger partial charge in [0.05, 0.1) is 6.04 Å². The van der Waals surface area contributed by atoms with Gasteiger partial charge in [-0.1, -0.05) is 32.4 Å². The lowest BCUT2D eigenvalue weighted by molar-refractivity contribution is -0.142. The smallest absolute Gasteiger partial charge is 0.326 e. The highest BCUT2D eigenvalue weighted by Crippen LogP contribution is 2.12. The average molecular weight is 554 g/mol. The van der Waals surface area contributed by atoms with Gasteiger partial charge < -0.3 is 43.4 Å². The Hall–Kier alpha value is -3.52. The van der Waals surface area contributed by atoms with Crippen LogP contribution in [-0.2, 0) is 25.6 Å². The van der Waals surface area contributed by atoms with Crippen LogP contribution in [0.25, 0.3) is 0 Å². The zero-order valence-corrected chi connectivity index (χ0v) is 22.5. The van der Waals surface area contributed by atoms with Crippen LogP contribution in [-0.4, -0.2) is 76.3 Å². The maximum Gasteiger partial charge on any atom is 0.326 e. The molecule has 13 nitrogen and oxygen atoms in total. The lowest BCUT2D eigenvalue weighted by Crippen LogP contribution is -2.59. The third-order valence-electron chi connectivity index (χ3n) is 5.90. The van der Waals surface area contributed by atoms with Gasteiger partial charge in [0.15, 0.2) is 5.96 Å². The van der Waals surface area contributed by atoms with Crippen LogP contribution in [0.2, 0.25) is 0 Å². The van der Waals surface area contributed by atoms with Crippen LogP contribution in [0.4, 0.5) is 0 Å². The van der Waals surface area contributed by atoms with Crippen molar-refractivity contribution in [1.29, 1.82) is 0 Å². The normalized spacial score (nSPS) is 14.7. The molecule has 1 aromatic rings. The Morgan fingerprint density at radius 1 is 1.00 bits per heavy atom. The summed E-state index contributed by atoms with van der Waals surface area (Å²) in [5.74, 6) is -3.61. The van der Waals surface area contributed by atoms with Crippen LogP contribution in [0, 0.1) is 5.92 Å². The first-order valence-electron chi connectivity index (χ1n) is 12.2. The highest BCUT2D eigenvalue weighted by molar-refractivity contribution is 7.80. The Morgan fingerprint density at radius 2 is 1.61 bits per heavy atom. The van der Waals surface area contributed by atoms with Gasteiger partial charge in [0.2, 0.25) is 17.7 Å². The maximum absolute atomic E-state index is 13.0. The van der Waals surface area contributed by atoms with E-state index in [4.69, 9.17) is 17.2 Å². The predicted octanol–water partition coefficient (Wildman–Crippen LogP) is -1.17. The summed E-state index contributed by atoms with van der Waals surface area (Å²) in [6.45, 7) is 3.76. The van der Waals surface area contributed by atoms with Gasteiger partial charge in [-0.3, -0.25) is 19.4 Å². The monoisotopic (exact) mass is 553 g/mol. The molecule has 3 amide bonds. The minimum Gasteiger partial charge on any atom is -0.508 e. The number of amides is 3. The highest BCUT2D eigenvalue weighted by Gasteiger charge is 2.32. The molecule has 1 aromatic carbocycles. The first kappa shape index (κ1) is 32.5. The number of nitrogens with zero attached hydrogens (tertiary/aromatic N) is 1. The van der Waals surface area contributed by atoms with Crippen molar-refractivity contribution in [1.82, 2.24) is 16.0 Å². The van der Waals surface area contributed by atoms with Gasteiger partial charge in [-0.25, -0.2) is 4.79 Å². The van der Waals surface area contributed by atoms with E-state index in [-0.39, 0.29) is 42.8 Å². The first-order valence-corrected chi connectivity index (χ1v) is 12.9. The molecule has 5 atom stereocenters. The van der Waals surface area contributed by atoms with E-state index >= 15 is 0 Å². The number of aliphatic carboxylic acids is 1. The number of thiol groups is 1. The zero-order chi connectivity index (χ0) is 28.8. The number of aromatic hydroxyl groups is 1. The Labute approximate surface area is 227 Å². The largest absolute Gasteiger partial charge is 0.508 e. The number of benzene rings is 1. The van der Waals surface area contributed by atoms with Gasteiger partial charge in [-0.05, 0) is 42.9 Å². The van der Waals surface area contributed by atoms with E-state index in [1.807, 2.05) is 6.92 Å². The summed E-state index contributed by atoms with van der Waals surface area (Å²) in [7, 11) is 0. The molecular weight excluding hydrogens is 514 g/mol. The van der Waals surface area contributed by atoms with Crippen LogP contribution in [0.5, 0.6) is 5.75 Å². The van der Waals surface area contributed by atoms with Crippen LogP contribution >= 0.6 is 12.6 Å². The van der Waals surface area contributed by atoms with Gasteiger partial charge in [-0.2, -0.15) is 12.6 Å². The molecule has 0 bridgehead atoms. The average Bonchev–Trinajstić information content (AvgIpc) is 2.87. The van der Waals surface area contributed by atoms with Crippen LogP contribution in [0.15, 0.2) is 29.3 Å². The van der Waals surface area contributed by atoms with Crippen molar-refractivity contribution >= 4 is 42.3 Å². The fourth-order valence-electron chi connectivity index (χ4n) is 3.43. The van der Waals surface area contributed by atoms with E-state index in [9.17, 15) is 29.4 Å². The summed E-state index contributed by atoms with van der Waals surface area (Å²) in [4.78, 5) is 54.1. The SMILES string of the molecule is CCC(C)C(NC(=O)C(CS)NC(=O)C(N)Cc1ccc(O)cc1)C(=O)NC(CCCN=C(N)N)C(=O)O. The fraction of sp³-hybridized carbons (Fsp3) is 0.542. The number of carbonyl (C=O) groups excluding carboxylic acids is 3. The number of phenols is 1. The third kappa shape index (κ3) is 11.3. The van der Waals surface area contributed by atoms with E-state index < -0.39 is 47.9 Å². The lowest BCUT2D eigenvalue weighted by Gasteiger charge is -2.27. The van der Waals surface area contributed by atoms with Gasteiger partial charge in [0.1, 0.15) is 23.9 Å². The molecule has 14 heteroatoms. The second-order valence-corrected chi connectivity index (χ2v) is 9.31. The van der Waals surface area contributed by atoms with Crippen molar-refractivity contribution in [3.05, 3.63) is 29.8 Å². The van der Waals surface area contributed by atoms with Crippen molar-refractivity contribution in [3.63, 3.8) is 0 Å². The Morgan fingerprint density at radius 3 is 2.13 bits per heavy atom. The molecule has 0 aromatic heterocycles. The number of carboxylic acid groups (broad SMARTS) is 1. The minimum atomic E-state index is -1.24. The molecule has 0 spiro atoms. The number of nitrogens with one attached hydrogen (secondary N) is 3. The molecule has 0 aliphatic heterocycles. The second kappa shape index (κ2) is 16.3. The number of guanidine groups is 1. The van der Waals surface area contributed by atoms with E-state index in [1.54, 1.807) is 19.1 Å². The van der Waals surface area contributed by atoms with Crippen molar-refractivity contribution in [3.8, 4) is 5.75 Å². The summed E-state index contributed by atoms with van der Waals surface area (Å²) in [5, 5.41) is 26.5. The quantitative estimate of drug-likeness (QED) is 0.0518. The molecule has 0 aliphatic rings. The number of rotatable bonds is 16. The van der Waals surface area contributed by atoms with Crippen molar-refractivity contribution < 1.29 is 29.4 Å². The second-order valence-electron chi connectivity index (χ2n) is 8.94. The fourth-order valence-corrected chi connectivity index (χ4v) is 3.69. The molecule has 1 rings (SSSR count). The van der Waals surface area contributed by atoms with Gasteiger partial charge in [0, 0.05) is 12.3 Å². The molecule has 212 valence electrons. The van der Waals surface area contributed by atoms with E-state index in [2.05, 4.69) is 33.6 Å². The molecule has 0 saturated carbocycles. The molecular formula is C24H39N7O6S. The number of carboxylic acids is 1. The Bertz CT molecular complexity index is 972. The predicted molar refractivity (Wildman–Crippen MR) is 146 cm³/mol. The highest BCUT2D eigenvalue weighted by atomic mass is 32.1. The summed E-state index contributed by atoms with van der Waals surface area (Å²) in [6.07, 6.45) is 1.07. The number of phenolic OH excluding ortho intramolecular Hbond substituents is 1. The summed E-state index contributed by atoms with van der Waals surface area (Å²) in [6, 6.07) is 1.88. The van der Waals surface area contributed by atoms with Crippen molar-refractivity contribution in [2.45, 2.75) is 63.7 Å². The van der Waals surface area contributed by atoms with Crippen molar-refractivity contribution in [2.24, 2.45) is 28.1 Å². The van der Waals surface area contributed by atoms with E-state index in [1.165, 1.54) is 12.1 Å². The van der Waals surface area contributed by atoms with Gasteiger partial charge in [0.25, 0.3) is 0 Å². The zero-order valence-electron chi connectivity index (χ0n) is 21.6. The standard InChI is InChI=1S/C24H39N7O6S/c1-3-13(2)19(22(35)29-17(23(36)37)5-4-10-28-24(26)27)31-21(34)18(12-38)30-20(33)16(25)11-14-6-8-15(32)9-7-14/h6-9,13,16-19,32,38H,3-5,10-12,25H2,1-2H3,(H,29,35)(H,30,33)(H,31,34)(H,36,37)(H4,26,27,28). The molecule has 11 N–H and O–H groups in total. The molecule has 0 aliphatic carbocycles. The van der Waals surface area contributed by atoms with E-state index in [0.29, 0.717) is 12.8 Å². The van der Waals surface area contributed by atoms with Gasteiger partial charge >= 0.3 is 5.97 Å². The molecule has 0 saturated heterocycles. The third-order valence-corrected chi connectivity index (χ3v) is 6.26. The number of aliphatic imine (C=N–C) groups is 1.